The number of carbonyl (C=O) groups is 1. The molecule has 18 heavy (non-hydrogen) atoms. The number of halogens is 5. The highest BCUT2D eigenvalue weighted by molar-refractivity contribution is 9.10. The number of alkyl halides is 2. The van der Waals surface area contributed by atoms with E-state index in [-0.39, 0.29) is 11.0 Å². The summed E-state index contributed by atoms with van der Waals surface area (Å²) in [6.45, 7) is -0.925. The molecule has 0 unspecified atom stereocenters. The quantitative estimate of drug-likeness (QED) is 0.573. The summed E-state index contributed by atoms with van der Waals surface area (Å²) in [4.78, 5) is 12.6. The Balaban J connectivity index is 2.27. The van der Waals surface area contributed by atoms with Gasteiger partial charge in [-0.15, -0.1) is 0 Å². The van der Waals surface area contributed by atoms with Crippen molar-refractivity contribution in [1.29, 1.82) is 0 Å². The number of hydrogen-bond acceptors (Lipinski definition) is 1. The van der Waals surface area contributed by atoms with Crippen LogP contribution in [0, 0.1) is 11.6 Å². The van der Waals surface area contributed by atoms with Gasteiger partial charge in [-0.05, 0) is 28.1 Å². The molecule has 7 heteroatoms. The maximum atomic E-state index is 13.5. The Labute approximate surface area is 109 Å². The van der Waals surface area contributed by atoms with E-state index in [4.69, 9.17) is 0 Å². The first-order chi connectivity index (χ1) is 8.30. The topological polar surface area (TPSA) is 20.3 Å². The van der Waals surface area contributed by atoms with Gasteiger partial charge in [0.05, 0.1) is 16.6 Å². The third kappa shape index (κ3) is 2.50. The average molecular weight is 326 g/mol. The summed E-state index contributed by atoms with van der Waals surface area (Å²) in [5.41, 5.74) is -0.534. The Bertz CT molecular complexity index is 506. The highest BCUT2D eigenvalue weighted by Crippen LogP contribution is 2.29. The fourth-order valence-corrected chi connectivity index (χ4v) is 2.08. The highest BCUT2D eigenvalue weighted by atomic mass is 79.9. The summed E-state index contributed by atoms with van der Waals surface area (Å²) in [6, 6.07) is 1.51. The van der Waals surface area contributed by atoms with Crippen LogP contribution in [0.4, 0.5) is 17.6 Å². The number of hydrogen-bond donors (Lipinski definition) is 0. The molecule has 0 N–H and O–H groups in total. The van der Waals surface area contributed by atoms with E-state index in [1.807, 2.05) is 0 Å². The van der Waals surface area contributed by atoms with Crippen molar-refractivity contribution in [1.82, 2.24) is 4.90 Å². The van der Waals surface area contributed by atoms with Gasteiger partial charge in [0.1, 0.15) is 11.6 Å². The molecule has 1 heterocycles. The van der Waals surface area contributed by atoms with Gasteiger partial charge in [0, 0.05) is 13.0 Å². The standard InChI is InChI=1S/C11H8BrF4NO/c12-7-4-8(13)6(3-9(7)14)10(18)17-2-1-11(15,16)5-17/h3-4H,1-2,5H2. The summed E-state index contributed by atoms with van der Waals surface area (Å²) in [7, 11) is 0. The molecular formula is C11H8BrF4NO. The molecule has 0 atom stereocenters. The van der Waals surface area contributed by atoms with Crippen molar-refractivity contribution in [3.8, 4) is 0 Å². The van der Waals surface area contributed by atoms with Gasteiger partial charge in [0.15, 0.2) is 0 Å². The lowest BCUT2D eigenvalue weighted by Crippen LogP contribution is -2.32. The second-order valence-electron chi connectivity index (χ2n) is 4.08. The molecule has 98 valence electrons. The van der Waals surface area contributed by atoms with Crippen molar-refractivity contribution in [2.24, 2.45) is 0 Å². The smallest absolute Gasteiger partial charge is 0.267 e. The Morgan fingerprint density at radius 1 is 1.28 bits per heavy atom. The molecule has 0 aliphatic carbocycles. The van der Waals surface area contributed by atoms with Crippen LogP contribution in [0.3, 0.4) is 0 Å². The maximum Gasteiger partial charge on any atom is 0.267 e. The molecule has 1 fully saturated rings. The molecule has 1 aromatic carbocycles. The Hall–Kier alpha value is -1.11. The summed E-state index contributed by atoms with van der Waals surface area (Å²) in [5.74, 6) is -5.63. The first-order valence-electron chi connectivity index (χ1n) is 5.12. The van der Waals surface area contributed by atoms with Crippen molar-refractivity contribution >= 4 is 21.8 Å². The number of carbonyl (C=O) groups excluding carboxylic acids is 1. The zero-order valence-corrected chi connectivity index (χ0v) is 10.6. The third-order valence-corrected chi connectivity index (χ3v) is 3.30. The number of benzene rings is 1. The molecular weight excluding hydrogens is 318 g/mol. The summed E-state index contributed by atoms with van der Waals surface area (Å²) in [5, 5.41) is 0. The predicted molar refractivity (Wildman–Crippen MR) is 59.5 cm³/mol. The molecule has 1 aliphatic rings. The van der Waals surface area contributed by atoms with Gasteiger partial charge in [-0.1, -0.05) is 0 Å². The molecule has 0 saturated carbocycles. The molecule has 1 aliphatic heterocycles. The first-order valence-corrected chi connectivity index (χ1v) is 5.91. The summed E-state index contributed by atoms with van der Waals surface area (Å²) in [6.07, 6.45) is -0.459. The van der Waals surface area contributed by atoms with Crippen molar-refractivity contribution in [3.05, 3.63) is 33.8 Å². The third-order valence-electron chi connectivity index (χ3n) is 2.70. The van der Waals surface area contributed by atoms with Gasteiger partial charge < -0.3 is 4.90 Å². The summed E-state index contributed by atoms with van der Waals surface area (Å²) < 4.78 is 52.5. The van der Waals surface area contributed by atoms with Crippen LogP contribution in [-0.2, 0) is 0 Å². The highest BCUT2D eigenvalue weighted by Gasteiger charge is 2.41. The monoisotopic (exact) mass is 325 g/mol. The van der Waals surface area contributed by atoms with Crippen molar-refractivity contribution in [2.75, 3.05) is 13.1 Å². The van der Waals surface area contributed by atoms with Crippen molar-refractivity contribution in [2.45, 2.75) is 12.3 Å². The van der Waals surface area contributed by atoms with Crippen LogP contribution in [0.1, 0.15) is 16.8 Å². The zero-order chi connectivity index (χ0) is 13.5. The number of amides is 1. The number of rotatable bonds is 1. The minimum Gasteiger partial charge on any atom is -0.332 e. The molecule has 2 rings (SSSR count). The minimum absolute atomic E-state index is 0.122. The Kier molecular flexibility index (Phi) is 3.35. The van der Waals surface area contributed by atoms with Crippen LogP contribution in [0.25, 0.3) is 0 Å². The van der Waals surface area contributed by atoms with Crippen molar-refractivity contribution in [3.63, 3.8) is 0 Å². The SMILES string of the molecule is O=C(c1cc(F)c(Br)cc1F)N1CCC(F)(F)C1. The van der Waals surface area contributed by atoms with Gasteiger partial charge in [-0.25, -0.2) is 17.6 Å². The van der Waals surface area contributed by atoms with E-state index in [0.29, 0.717) is 6.07 Å². The molecule has 1 amide bonds. The van der Waals surface area contributed by atoms with E-state index in [1.54, 1.807) is 0 Å². The summed E-state index contributed by atoms with van der Waals surface area (Å²) >= 11 is 2.77. The van der Waals surface area contributed by atoms with Gasteiger partial charge in [-0.2, -0.15) is 0 Å². The minimum atomic E-state index is -2.96. The fraction of sp³-hybridized carbons (Fsp3) is 0.364. The van der Waals surface area contributed by atoms with Crippen LogP contribution in [0.2, 0.25) is 0 Å². The second-order valence-corrected chi connectivity index (χ2v) is 4.93. The van der Waals surface area contributed by atoms with Crippen LogP contribution in [0.15, 0.2) is 16.6 Å². The van der Waals surface area contributed by atoms with E-state index < -0.39 is 42.0 Å². The van der Waals surface area contributed by atoms with Crippen molar-refractivity contribution < 1.29 is 22.4 Å². The Morgan fingerprint density at radius 3 is 2.50 bits per heavy atom. The normalized spacial score (nSPS) is 18.2. The van der Waals surface area contributed by atoms with E-state index in [2.05, 4.69) is 15.9 Å². The van der Waals surface area contributed by atoms with Crippen LogP contribution < -0.4 is 0 Å². The van der Waals surface area contributed by atoms with Crippen LogP contribution in [-0.4, -0.2) is 29.8 Å². The molecule has 0 aromatic heterocycles. The predicted octanol–water partition coefficient (Wildman–Crippen LogP) is 3.21. The van der Waals surface area contributed by atoms with E-state index in [1.165, 1.54) is 0 Å². The lowest BCUT2D eigenvalue weighted by atomic mass is 10.2. The largest absolute Gasteiger partial charge is 0.332 e. The fourth-order valence-electron chi connectivity index (χ4n) is 1.77. The van der Waals surface area contributed by atoms with E-state index in [9.17, 15) is 22.4 Å². The molecule has 0 bridgehead atoms. The Morgan fingerprint density at radius 2 is 1.94 bits per heavy atom. The number of nitrogens with zero attached hydrogens (tertiary/aromatic N) is 1. The van der Waals surface area contributed by atoms with Gasteiger partial charge in [0.25, 0.3) is 11.8 Å². The second kappa shape index (κ2) is 4.53. The average Bonchev–Trinajstić information content (AvgIpc) is 2.63. The van der Waals surface area contributed by atoms with E-state index >= 15 is 0 Å². The molecule has 0 radical (unpaired) electrons. The lowest BCUT2D eigenvalue weighted by molar-refractivity contribution is 0.0119. The zero-order valence-electron chi connectivity index (χ0n) is 9.02. The van der Waals surface area contributed by atoms with Gasteiger partial charge in [0.2, 0.25) is 0 Å². The van der Waals surface area contributed by atoms with Crippen LogP contribution >= 0.6 is 15.9 Å². The lowest BCUT2D eigenvalue weighted by Gasteiger charge is -2.16. The molecule has 2 nitrogen and oxygen atoms in total. The molecule has 1 saturated heterocycles. The van der Waals surface area contributed by atoms with Gasteiger partial charge in [-0.3, -0.25) is 4.79 Å². The van der Waals surface area contributed by atoms with Crippen LogP contribution in [0.5, 0.6) is 0 Å². The number of likely N-dealkylation sites (tertiary alicyclic amines) is 1. The van der Waals surface area contributed by atoms with E-state index in [0.717, 1.165) is 11.0 Å². The first kappa shape index (κ1) is 13.3. The molecule has 0 spiro atoms. The molecule has 1 aromatic rings. The van der Waals surface area contributed by atoms with Gasteiger partial charge >= 0.3 is 0 Å². The maximum absolute atomic E-state index is 13.5.